The zero-order valence-electron chi connectivity index (χ0n) is 14.8. The summed E-state index contributed by atoms with van der Waals surface area (Å²) < 4.78 is 11.0. The van der Waals surface area contributed by atoms with Gasteiger partial charge in [0.15, 0.2) is 0 Å². The Hall–Kier alpha value is 0.0969. The molecule has 0 spiro atoms. The summed E-state index contributed by atoms with van der Waals surface area (Å²) in [5.41, 5.74) is 5.49. The van der Waals surface area contributed by atoms with Crippen LogP contribution in [0.25, 0.3) is 0 Å². The van der Waals surface area contributed by atoms with Crippen LogP contribution >= 0.6 is 0 Å². The highest BCUT2D eigenvalue weighted by Gasteiger charge is 2.27. The molecule has 21 heavy (non-hydrogen) atoms. The molecule has 0 radical (unpaired) electrons. The lowest BCUT2D eigenvalue weighted by Crippen LogP contribution is -2.35. The molecule has 0 atom stereocenters. The Kier molecular flexibility index (Phi) is 15.1. The van der Waals surface area contributed by atoms with Crippen LogP contribution in [0.3, 0.4) is 0 Å². The molecule has 0 saturated carbocycles. The Morgan fingerprint density at radius 2 is 0.952 bits per heavy atom. The highest BCUT2D eigenvalue weighted by atomic mass is 28.4. The van der Waals surface area contributed by atoms with Gasteiger partial charge < -0.3 is 14.6 Å². The Bertz CT molecular complexity index is 211. The van der Waals surface area contributed by atoms with Crippen LogP contribution in [0.4, 0.5) is 0 Å². The van der Waals surface area contributed by atoms with E-state index in [-0.39, 0.29) is 0 Å². The van der Waals surface area contributed by atoms with E-state index in [4.69, 9.17) is 14.6 Å². The van der Waals surface area contributed by atoms with E-state index in [2.05, 4.69) is 6.55 Å². The summed E-state index contributed by atoms with van der Waals surface area (Å²) in [5.74, 6) is 0. The van der Waals surface area contributed by atoms with Crippen LogP contribution in [0, 0.1) is 0 Å². The molecule has 0 unspecified atom stereocenters. The van der Waals surface area contributed by atoms with E-state index in [9.17, 15) is 0 Å². The van der Waals surface area contributed by atoms with Crippen molar-refractivity contribution < 1.29 is 8.85 Å². The molecule has 0 aliphatic rings. The Morgan fingerprint density at radius 3 is 1.29 bits per heavy atom. The van der Waals surface area contributed by atoms with Gasteiger partial charge in [-0.05, 0) is 25.6 Å². The van der Waals surface area contributed by atoms with Crippen LogP contribution in [-0.4, -0.2) is 29.3 Å². The maximum absolute atomic E-state index is 5.50. The summed E-state index contributed by atoms with van der Waals surface area (Å²) in [7, 11) is 1.76. The molecule has 0 aliphatic carbocycles. The van der Waals surface area contributed by atoms with Crippen LogP contribution < -0.4 is 5.73 Å². The Labute approximate surface area is 134 Å². The normalized spacial score (nSPS) is 12.0. The second kappa shape index (κ2) is 15.0. The van der Waals surface area contributed by atoms with E-state index in [0.717, 1.165) is 12.6 Å². The van der Waals surface area contributed by atoms with Crippen LogP contribution in [0.1, 0.15) is 77.0 Å². The summed E-state index contributed by atoms with van der Waals surface area (Å²) >= 11 is 0. The van der Waals surface area contributed by atoms with Gasteiger partial charge in [0.2, 0.25) is 0 Å². The van der Waals surface area contributed by atoms with Crippen LogP contribution in [0.15, 0.2) is 0 Å². The molecule has 0 aromatic carbocycles. The largest absolute Gasteiger partial charge is 0.398 e. The SMILES string of the molecule is CO[Si](C)(CCCCCCCCCCCCCCN)OC. The number of rotatable bonds is 16. The minimum absolute atomic E-state index is 0.858. The summed E-state index contributed by atoms with van der Waals surface area (Å²) in [6, 6.07) is 1.13. The van der Waals surface area contributed by atoms with Gasteiger partial charge in [-0.15, -0.1) is 0 Å². The first-order valence-corrected chi connectivity index (χ1v) is 11.5. The lowest BCUT2D eigenvalue weighted by atomic mass is 10.1. The van der Waals surface area contributed by atoms with Gasteiger partial charge in [0.25, 0.3) is 0 Å². The molecular weight excluding hydrogens is 278 g/mol. The highest BCUT2D eigenvalue weighted by Crippen LogP contribution is 2.17. The fourth-order valence-electron chi connectivity index (χ4n) is 2.65. The molecule has 0 saturated heterocycles. The topological polar surface area (TPSA) is 44.5 Å². The fourth-order valence-corrected chi connectivity index (χ4v) is 4.11. The van der Waals surface area contributed by atoms with Gasteiger partial charge in [0.1, 0.15) is 0 Å². The minimum atomic E-state index is -1.81. The predicted molar refractivity (Wildman–Crippen MR) is 94.9 cm³/mol. The minimum Gasteiger partial charge on any atom is -0.398 e. The quantitative estimate of drug-likeness (QED) is 0.322. The average Bonchev–Trinajstić information content (AvgIpc) is 2.51. The fraction of sp³-hybridized carbons (Fsp3) is 1.00. The first kappa shape index (κ1) is 21.1. The summed E-state index contributed by atoms with van der Waals surface area (Å²) in [6.45, 7) is 3.01. The van der Waals surface area contributed by atoms with Crippen molar-refractivity contribution in [2.24, 2.45) is 5.73 Å². The highest BCUT2D eigenvalue weighted by molar-refractivity contribution is 6.65. The smallest absolute Gasteiger partial charge is 0.334 e. The number of unbranched alkanes of at least 4 members (excludes halogenated alkanes) is 11. The number of hydrogen-bond acceptors (Lipinski definition) is 3. The zero-order chi connectivity index (χ0) is 15.8. The van der Waals surface area contributed by atoms with Gasteiger partial charge in [-0.3, -0.25) is 0 Å². The number of nitrogens with two attached hydrogens (primary N) is 1. The van der Waals surface area contributed by atoms with E-state index in [1.165, 1.54) is 77.0 Å². The molecule has 0 aromatic heterocycles. The number of hydrogen-bond donors (Lipinski definition) is 1. The standard InChI is InChI=1S/C17H39NO2Si/c1-19-21(3,20-2)17-15-13-11-9-7-5-4-6-8-10-12-14-16-18/h4-18H2,1-3H3. The van der Waals surface area contributed by atoms with E-state index in [1.807, 2.05) is 0 Å². The molecule has 3 nitrogen and oxygen atoms in total. The molecule has 0 heterocycles. The van der Waals surface area contributed by atoms with Crippen molar-refractivity contribution in [1.29, 1.82) is 0 Å². The lowest BCUT2D eigenvalue weighted by molar-refractivity contribution is 0.248. The van der Waals surface area contributed by atoms with Crippen molar-refractivity contribution >= 4 is 8.56 Å². The third-order valence-corrected chi connectivity index (χ3v) is 7.44. The maximum Gasteiger partial charge on any atom is 0.334 e. The maximum atomic E-state index is 5.50. The first-order chi connectivity index (χ1) is 10.2. The molecule has 4 heteroatoms. The molecule has 0 fully saturated rings. The van der Waals surface area contributed by atoms with Gasteiger partial charge in [-0.1, -0.05) is 70.6 Å². The third-order valence-electron chi connectivity index (χ3n) is 4.45. The summed E-state index contributed by atoms with van der Waals surface area (Å²) in [4.78, 5) is 0. The molecule has 0 amide bonds. The van der Waals surface area contributed by atoms with Crippen molar-refractivity contribution in [3.8, 4) is 0 Å². The summed E-state index contributed by atoms with van der Waals surface area (Å²) in [5, 5.41) is 0. The second-order valence-corrected chi connectivity index (χ2v) is 9.91. The summed E-state index contributed by atoms with van der Waals surface area (Å²) in [6.07, 6.45) is 16.3. The van der Waals surface area contributed by atoms with E-state index < -0.39 is 8.56 Å². The molecule has 0 rings (SSSR count). The second-order valence-electron chi connectivity index (χ2n) is 6.32. The van der Waals surface area contributed by atoms with E-state index >= 15 is 0 Å². The Balaban J connectivity index is 3.16. The molecular formula is C17H39NO2Si. The van der Waals surface area contributed by atoms with Crippen LogP contribution in [-0.2, 0) is 8.85 Å². The van der Waals surface area contributed by atoms with Gasteiger partial charge >= 0.3 is 8.56 Å². The molecule has 0 aliphatic heterocycles. The van der Waals surface area contributed by atoms with Crippen molar-refractivity contribution in [2.45, 2.75) is 89.6 Å². The monoisotopic (exact) mass is 317 g/mol. The van der Waals surface area contributed by atoms with Crippen LogP contribution in [0.5, 0.6) is 0 Å². The van der Waals surface area contributed by atoms with Gasteiger partial charge in [0, 0.05) is 14.2 Å². The van der Waals surface area contributed by atoms with Gasteiger partial charge in [-0.25, -0.2) is 0 Å². The lowest BCUT2D eigenvalue weighted by Gasteiger charge is -2.22. The van der Waals surface area contributed by atoms with E-state index in [0.29, 0.717) is 0 Å². The average molecular weight is 318 g/mol. The van der Waals surface area contributed by atoms with Crippen molar-refractivity contribution in [1.82, 2.24) is 0 Å². The van der Waals surface area contributed by atoms with Gasteiger partial charge in [-0.2, -0.15) is 0 Å². The molecule has 128 valence electrons. The first-order valence-electron chi connectivity index (χ1n) is 8.99. The molecule has 0 aromatic rings. The van der Waals surface area contributed by atoms with Crippen molar-refractivity contribution in [2.75, 3.05) is 20.8 Å². The molecule has 2 N–H and O–H groups in total. The van der Waals surface area contributed by atoms with E-state index in [1.54, 1.807) is 14.2 Å². The predicted octanol–water partition coefficient (Wildman–Crippen LogP) is 4.99. The molecule has 0 bridgehead atoms. The van der Waals surface area contributed by atoms with Crippen molar-refractivity contribution in [3.05, 3.63) is 0 Å². The third kappa shape index (κ3) is 13.5. The van der Waals surface area contributed by atoms with Crippen LogP contribution in [0.2, 0.25) is 12.6 Å². The zero-order valence-corrected chi connectivity index (χ0v) is 15.8. The van der Waals surface area contributed by atoms with Crippen molar-refractivity contribution in [3.63, 3.8) is 0 Å². The Morgan fingerprint density at radius 1 is 0.619 bits per heavy atom. The van der Waals surface area contributed by atoms with Gasteiger partial charge in [0.05, 0.1) is 0 Å².